The van der Waals surface area contributed by atoms with Gasteiger partial charge in [0.1, 0.15) is 10.0 Å². The average molecular weight is 434 g/mol. The number of amides is 1. The summed E-state index contributed by atoms with van der Waals surface area (Å²) in [5.74, 6) is 1.13. The van der Waals surface area contributed by atoms with E-state index >= 15 is 0 Å². The van der Waals surface area contributed by atoms with E-state index < -0.39 is 0 Å². The van der Waals surface area contributed by atoms with Gasteiger partial charge in [-0.2, -0.15) is 0 Å². The van der Waals surface area contributed by atoms with Crippen LogP contribution < -0.4 is 5.32 Å². The molecule has 1 N–H and O–H groups in total. The second-order valence-corrected chi connectivity index (χ2v) is 9.44. The number of carbonyl (C=O) groups excluding carboxylic acids is 1. The van der Waals surface area contributed by atoms with Crippen LogP contribution in [-0.2, 0) is 13.0 Å². The number of anilines is 1. The Hall–Kier alpha value is -1.82. The van der Waals surface area contributed by atoms with Gasteiger partial charge in [-0.25, -0.2) is 4.98 Å². The average Bonchev–Trinajstić information content (AvgIpc) is 3.40. The molecule has 0 bridgehead atoms. The molecule has 1 aromatic carbocycles. The van der Waals surface area contributed by atoms with Crippen LogP contribution >= 0.6 is 34.5 Å². The third kappa shape index (κ3) is 4.77. The molecule has 0 radical (unpaired) electrons. The molecule has 7 heteroatoms. The fourth-order valence-corrected chi connectivity index (χ4v) is 4.95. The highest BCUT2D eigenvalue weighted by Gasteiger charge is 2.26. The van der Waals surface area contributed by atoms with E-state index in [1.165, 1.54) is 36.2 Å². The van der Waals surface area contributed by atoms with Gasteiger partial charge in [-0.15, -0.1) is 0 Å². The minimum Gasteiger partial charge on any atom is -0.343 e. The summed E-state index contributed by atoms with van der Waals surface area (Å²) >= 11 is 13.1. The second kappa shape index (κ2) is 8.68. The molecule has 1 aliphatic rings. The Morgan fingerprint density at radius 1 is 1.18 bits per heavy atom. The van der Waals surface area contributed by atoms with Gasteiger partial charge in [0.25, 0.3) is 5.91 Å². The van der Waals surface area contributed by atoms with Crippen LogP contribution in [0.5, 0.6) is 0 Å². The fourth-order valence-electron chi connectivity index (χ4n) is 4.01. The van der Waals surface area contributed by atoms with Crippen molar-refractivity contribution < 1.29 is 4.79 Å². The van der Waals surface area contributed by atoms with E-state index in [1.807, 2.05) is 30.5 Å². The smallest absolute Gasteiger partial charge is 0.274 e. The summed E-state index contributed by atoms with van der Waals surface area (Å²) < 4.78 is 2.61. The Balaban J connectivity index is 1.34. The summed E-state index contributed by atoms with van der Waals surface area (Å²) in [5.41, 5.74) is 2.01. The van der Waals surface area contributed by atoms with E-state index in [-0.39, 0.29) is 5.91 Å². The summed E-state index contributed by atoms with van der Waals surface area (Å²) in [6.45, 7) is 0.867. The van der Waals surface area contributed by atoms with Crippen LogP contribution in [0, 0.1) is 11.8 Å². The molecule has 2 heterocycles. The van der Waals surface area contributed by atoms with E-state index in [4.69, 9.17) is 23.2 Å². The van der Waals surface area contributed by atoms with Crippen LogP contribution in [0.3, 0.4) is 0 Å². The first-order chi connectivity index (χ1) is 13.6. The Labute approximate surface area is 178 Å². The van der Waals surface area contributed by atoms with Gasteiger partial charge in [0.2, 0.25) is 0 Å². The van der Waals surface area contributed by atoms with Crippen LogP contribution in [0.2, 0.25) is 9.36 Å². The van der Waals surface area contributed by atoms with Crippen molar-refractivity contribution in [3.8, 4) is 0 Å². The minimum absolute atomic E-state index is 0.147. The zero-order valence-corrected chi connectivity index (χ0v) is 17.6. The maximum Gasteiger partial charge on any atom is 0.274 e. The lowest BCUT2D eigenvalue weighted by Gasteiger charge is -2.15. The lowest BCUT2D eigenvalue weighted by atomic mass is 9.97. The maximum absolute atomic E-state index is 12.6. The predicted molar refractivity (Wildman–Crippen MR) is 115 cm³/mol. The van der Waals surface area contributed by atoms with Crippen molar-refractivity contribution in [3.63, 3.8) is 0 Å². The summed E-state index contributed by atoms with van der Waals surface area (Å²) in [6, 6.07) is 11.9. The molecule has 0 aliphatic heterocycles. The van der Waals surface area contributed by atoms with E-state index in [1.54, 1.807) is 6.20 Å². The highest BCUT2D eigenvalue weighted by molar-refractivity contribution is 7.19. The summed E-state index contributed by atoms with van der Waals surface area (Å²) in [5, 5.41) is 4.13. The number of benzene rings is 1. The van der Waals surface area contributed by atoms with Gasteiger partial charge in [-0.1, -0.05) is 46.7 Å². The molecular formula is C21H21Cl2N3OS. The molecule has 2 aromatic heterocycles. The highest BCUT2D eigenvalue weighted by atomic mass is 35.5. The van der Waals surface area contributed by atoms with Crippen molar-refractivity contribution in [3.05, 3.63) is 69.4 Å². The van der Waals surface area contributed by atoms with Crippen LogP contribution in [0.15, 0.2) is 48.8 Å². The Kier molecular flexibility index (Phi) is 6.04. The quantitative estimate of drug-likeness (QED) is 0.505. The lowest BCUT2D eigenvalue weighted by Crippen LogP contribution is -2.19. The van der Waals surface area contributed by atoms with Gasteiger partial charge in [0.05, 0.1) is 6.20 Å². The maximum atomic E-state index is 12.6. The minimum atomic E-state index is -0.147. The SMILES string of the molecule is O=C(Nc1ncc(Cl)s1)c1cccn1CC1CCC(Cc2ccc(Cl)cc2)C1. The monoisotopic (exact) mass is 433 g/mol. The first-order valence-corrected chi connectivity index (χ1v) is 11.0. The topological polar surface area (TPSA) is 46.9 Å². The van der Waals surface area contributed by atoms with Crippen LogP contribution in [0.4, 0.5) is 5.13 Å². The molecule has 1 amide bonds. The van der Waals surface area contributed by atoms with Crippen LogP contribution in [0.1, 0.15) is 35.3 Å². The third-order valence-corrected chi connectivity index (χ3v) is 6.58. The van der Waals surface area contributed by atoms with E-state index in [0.29, 0.717) is 27.0 Å². The van der Waals surface area contributed by atoms with Crippen molar-refractivity contribution in [1.29, 1.82) is 0 Å². The molecule has 4 nitrogen and oxygen atoms in total. The Morgan fingerprint density at radius 2 is 1.96 bits per heavy atom. The molecule has 1 fully saturated rings. The van der Waals surface area contributed by atoms with Gasteiger partial charge in [-0.05, 0) is 67.3 Å². The van der Waals surface area contributed by atoms with Gasteiger partial charge in [0, 0.05) is 17.8 Å². The number of thiazole rings is 1. The molecule has 3 aromatic rings. The number of hydrogen-bond donors (Lipinski definition) is 1. The molecule has 1 saturated carbocycles. The highest BCUT2D eigenvalue weighted by Crippen LogP contribution is 2.34. The first kappa shape index (κ1) is 19.5. The summed E-state index contributed by atoms with van der Waals surface area (Å²) in [6.07, 6.45) is 8.23. The molecule has 28 heavy (non-hydrogen) atoms. The fraction of sp³-hybridized carbons (Fsp3) is 0.333. The standard InChI is InChI=1S/C21H21Cl2N3OS/c22-17-7-5-14(6-8-17)10-15-3-4-16(11-15)13-26-9-1-2-18(26)20(27)25-21-24-12-19(23)28-21/h1-2,5-9,12,15-16H,3-4,10-11,13H2,(H,24,25,27). The normalized spacial score (nSPS) is 19.1. The summed E-state index contributed by atoms with van der Waals surface area (Å²) in [7, 11) is 0. The Morgan fingerprint density at radius 3 is 2.71 bits per heavy atom. The van der Waals surface area contributed by atoms with Crippen molar-refractivity contribution in [1.82, 2.24) is 9.55 Å². The predicted octanol–water partition coefficient (Wildman–Crippen LogP) is 6.16. The van der Waals surface area contributed by atoms with Gasteiger partial charge >= 0.3 is 0 Å². The molecule has 0 spiro atoms. The van der Waals surface area contributed by atoms with E-state index in [2.05, 4.69) is 27.0 Å². The summed E-state index contributed by atoms with van der Waals surface area (Å²) in [4.78, 5) is 16.7. The van der Waals surface area contributed by atoms with E-state index in [0.717, 1.165) is 18.0 Å². The zero-order chi connectivity index (χ0) is 19.5. The van der Waals surface area contributed by atoms with Crippen molar-refractivity contribution in [2.75, 3.05) is 5.32 Å². The molecule has 0 saturated heterocycles. The molecule has 2 atom stereocenters. The second-order valence-electron chi connectivity index (χ2n) is 7.35. The number of halogens is 2. The molecule has 4 rings (SSSR count). The first-order valence-electron chi connectivity index (χ1n) is 9.39. The van der Waals surface area contributed by atoms with Crippen LogP contribution in [0.25, 0.3) is 0 Å². The largest absolute Gasteiger partial charge is 0.343 e. The third-order valence-electron chi connectivity index (χ3n) is 5.30. The number of nitrogens with zero attached hydrogens (tertiary/aromatic N) is 2. The Bertz CT molecular complexity index is 951. The number of hydrogen-bond acceptors (Lipinski definition) is 3. The number of nitrogens with one attached hydrogen (secondary N) is 1. The molecule has 1 aliphatic carbocycles. The zero-order valence-electron chi connectivity index (χ0n) is 15.3. The molecule has 146 valence electrons. The van der Waals surface area contributed by atoms with Gasteiger partial charge < -0.3 is 4.57 Å². The van der Waals surface area contributed by atoms with Crippen molar-refractivity contribution in [2.45, 2.75) is 32.2 Å². The molecular weight excluding hydrogens is 413 g/mol. The molecule has 2 unspecified atom stereocenters. The van der Waals surface area contributed by atoms with Crippen molar-refractivity contribution >= 4 is 45.6 Å². The van der Waals surface area contributed by atoms with Crippen LogP contribution in [-0.4, -0.2) is 15.5 Å². The lowest BCUT2D eigenvalue weighted by molar-refractivity contribution is 0.101. The van der Waals surface area contributed by atoms with Crippen molar-refractivity contribution in [2.24, 2.45) is 11.8 Å². The van der Waals surface area contributed by atoms with Gasteiger partial charge in [0.15, 0.2) is 5.13 Å². The van der Waals surface area contributed by atoms with Gasteiger partial charge in [-0.3, -0.25) is 10.1 Å². The van der Waals surface area contributed by atoms with E-state index in [9.17, 15) is 4.79 Å². The number of rotatable bonds is 6. The number of aromatic nitrogens is 2. The number of carbonyl (C=O) groups is 1.